The van der Waals surface area contributed by atoms with Crippen molar-refractivity contribution in [1.82, 2.24) is 15.6 Å². The summed E-state index contributed by atoms with van der Waals surface area (Å²) in [4.78, 5) is 16.5. The number of carbonyl (C=O) groups excluding carboxylic acids is 1. The van der Waals surface area contributed by atoms with Crippen molar-refractivity contribution in [3.8, 4) is 0 Å². The average molecular weight is 241 g/mol. The van der Waals surface area contributed by atoms with Crippen molar-refractivity contribution in [3.05, 3.63) is 42.1 Å². The second kappa shape index (κ2) is 4.74. The molecule has 1 aliphatic heterocycles. The minimum absolute atomic E-state index is 0.0118. The lowest BCUT2D eigenvalue weighted by molar-refractivity contribution is 0.0941. The zero-order chi connectivity index (χ0) is 12.4. The van der Waals surface area contributed by atoms with Crippen molar-refractivity contribution in [3.63, 3.8) is 0 Å². The SMILES string of the molecule is O=C(N[C@H]1CCNC1)c1ccnc2ccccc12. The summed E-state index contributed by atoms with van der Waals surface area (Å²) in [6.07, 6.45) is 2.68. The van der Waals surface area contributed by atoms with Crippen molar-refractivity contribution >= 4 is 16.8 Å². The van der Waals surface area contributed by atoms with Gasteiger partial charge in [-0.1, -0.05) is 18.2 Å². The molecule has 0 saturated carbocycles. The van der Waals surface area contributed by atoms with E-state index in [2.05, 4.69) is 15.6 Å². The number of pyridine rings is 1. The normalized spacial score (nSPS) is 19.0. The average Bonchev–Trinajstić information content (AvgIpc) is 2.91. The summed E-state index contributed by atoms with van der Waals surface area (Å²) in [7, 11) is 0. The summed E-state index contributed by atoms with van der Waals surface area (Å²) in [5.74, 6) is -0.0118. The van der Waals surface area contributed by atoms with Gasteiger partial charge >= 0.3 is 0 Å². The first-order valence-electron chi connectivity index (χ1n) is 6.20. The lowest BCUT2D eigenvalue weighted by Gasteiger charge is -2.12. The Morgan fingerprint density at radius 1 is 1.33 bits per heavy atom. The molecule has 18 heavy (non-hydrogen) atoms. The van der Waals surface area contributed by atoms with Gasteiger partial charge in [0.2, 0.25) is 0 Å². The summed E-state index contributed by atoms with van der Waals surface area (Å²) in [5.41, 5.74) is 1.56. The fraction of sp³-hybridized carbons (Fsp3) is 0.286. The van der Waals surface area contributed by atoms with Gasteiger partial charge in [0.25, 0.3) is 5.91 Å². The molecule has 2 N–H and O–H groups in total. The number of aromatic nitrogens is 1. The largest absolute Gasteiger partial charge is 0.348 e. The number of para-hydroxylation sites is 1. The molecule has 3 rings (SSSR count). The molecule has 4 nitrogen and oxygen atoms in total. The molecule has 1 aromatic carbocycles. The fourth-order valence-corrected chi connectivity index (χ4v) is 2.33. The lowest BCUT2D eigenvalue weighted by atomic mass is 10.1. The Balaban J connectivity index is 1.91. The predicted octanol–water partition coefficient (Wildman–Crippen LogP) is 1.33. The monoisotopic (exact) mass is 241 g/mol. The predicted molar refractivity (Wildman–Crippen MR) is 70.5 cm³/mol. The van der Waals surface area contributed by atoms with Gasteiger partial charge in [0.1, 0.15) is 0 Å². The first-order valence-corrected chi connectivity index (χ1v) is 6.20. The van der Waals surface area contributed by atoms with Crippen LogP contribution in [0.3, 0.4) is 0 Å². The number of benzene rings is 1. The molecule has 1 fully saturated rings. The molecule has 92 valence electrons. The minimum Gasteiger partial charge on any atom is -0.348 e. The first kappa shape index (κ1) is 11.2. The third kappa shape index (κ3) is 2.07. The van der Waals surface area contributed by atoms with Crippen LogP contribution in [0.4, 0.5) is 0 Å². The Bertz CT molecular complexity index is 571. The van der Waals surface area contributed by atoms with Crippen molar-refractivity contribution in [1.29, 1.82) is 0 Å². The van der Waals surface area contributed by atoms with Gasteiger partial charge in [0.15, 0.2) is 0 Å². The summed E-state index contributed by atoms with van der Waals surface area (Å²) in [6, 6.07) is 9.73. The summed E-state index contributed by atoms with van der Waals surface area (Å²) in [6.45, 7) is 1.83. The molecule has 1 aromatic heterocycles. The van der Waals surface area contributed by atoms with Gasteiger partial charge in [-0.25, -0.2) is 0 Å². The van der Waals surface area contributed by atoms with Gasteiger partial charge in [-0.2, -0.15) is 0 Å². The highest BCUT2D eigenvalue weighted by molar-refractivity contribution is 6.06. The van der Waals surface area contributed by atoms with E-state index in [1.165, 1.54) is 0 Å². The molecule has 2 aromatic rings. The second-order valence-electron chi connectivity index (χ2n) is 4.54. The van der Waals surface area contributed by atoms with E-state index < -0.39 is 0 Å². The molecule has 2 heterocycles. The number of hydrogen-bond acceptors (Lipinski definition) is 3. The van der Waals surface area contributed by atoms with E-state index in [0.717, 1.165) is 30.4 Å². The van der Waals surface area contributed by atoms with Crippen LogP contribution in [0, 0.1) is 0 Å². The maximum absolute atomic E-state index is 12.2. The van der Waals surface area contributed by atoms with Crippen molar-refractivity contribution in [2.75, 3.05) is 13.1 Å². The summed E-state index contributed by atoms with van der Waals surface area (Å²) >= 11 is 0. The highest BCUT2D eigenvalue weighted by Crippen LogP contribution is 2.16. The maximum atomic E-state index is 12.2. The standard InChI is InChI=1S/C14H15N3O/c18-14(17-10-5-7-15-9-10)12-6-8-16-13-4-2-1-3-11(12)13/h1-4,6,8,10,15H,5,7,9H2,(H,17,18)/t10-/m0/s1. The molecule has 1 amide bonds. The number of amides is 1. The number of nitrogens with one attached hydrogen (secondary N) is 2. The van der Waals surface area contributed by atoms with Gasteiger partial charge in [-0.15, -0.1) is 0 Å². The van der Waals surface area contributed by atoms with Crippen LogP contribution >= 0.6 is 0 Å². The van der Waals surface area contributed by atoms with Crippen LogP contribution in [0.2, 0.25) is 0 Å². The lowest BCUT2D eigenvalue weighted by Crippen LogP contribution is -2.36. The maximum Gasteiger partial charge on any atom is 0.252 e. The minimum atomic E-state index is -0.0118. The van der Waals surface area contributed by atoms with E-state index in [4.69, 9.17) is 0 Å². The van der Waals surface area contributed by atoms with Crippen LogP contribution in [0.5, 0.6) is 0 Å². The molecule has 0 aliphatic carbocycles. The zero-order valence-electron chi connectivity index (χ0n) is 10.0. The molecule has 1 atom stereocenters. The first-order chi connectivity index (χ1) is 8.84. The molecule has 4 heteroatoms. The van der Waals surface area contributed by atoms with E-state index in [0.29, 0.717) is 5.56 Å². The molecule has 0 spiro atoms. The number of nitrogens with zero attached hydrogens (tertiary/aromatic N) is 1. The third-order valence-corrected chi connectivity index (χ3v) is 3.29. The summed E-state index contributed by atoms with van der Waals surface area (Å²) < 4.78 is 0. The van der Waals surface area contributed by atoms with Gasteiger partial charge < -0.3 is 10.6 Å². The van der Waals surface area contributed by atoms with Crippen LogP contribution in [0.15, 0.2) is 36.5 Å². The fourth-order valence-electron chi connectivity index (χ4n) is 2.33. The van der Waals surface area contributed by atoms with Crippen molar-refractivity contribution in [2.24, 2.45) is 0 Å². The zero-order valence-corrected chi connectivity index (χ0v) is 10.0. The third-order valence-electron chi connectivity index (χ3n) is 3.29. The van der Waals surface area contributed by atoms with Crippen molar-refractivity contribution in [2.45, 2.75) is 12.5 Å². The van der Waals surface area contributed by atoms with E-state index in [1.54, 1.807) is 12.3 Å². The Kier molecular flexibility index (Phi) is 2.94. The van der Waals surface area contributed by atoms with Gasteiger partial charge in [0.05, 0.1) is 11.1 Å². The van der Waals surface area contributed by atoms with E-state index in [-0.39, 0.29) is 11.9 Å². The van der Waals surface area contributed by atoms with Crippen LogP contribution in [0.25, 0.3) is 10.9 Å². The quantitative estimate of drug-likeness (QED) is 0.834. The molecule has 0 unspecified atom stereocenters. The van der Waals surface area contributed by atoms with Gasteiger partial charge in [-0.3, -0.25) is 9.78 Å². The molecular formula is C14H15N3O. The molecule has 1 aliphatic rings. The molecule has 0 radical (unpaired) electrons. The van der Waals surface area contributed by atoms with Crippen molar-refractivity contribution < 1.29 is 4.79 Å². The molecule has 0 bridgehead atoms. The highest BCUT2D eigenvalue weighted by Gasteiger charge is 2.18. The van der Waals surface area contributed by atoms with Gasteiger partial charge in [0, 0.05) is 24.2 Å². The van der Waals surface area contributed by atoms with Gasteiger partial charge in [-0.05, 0) is 25.1 Å². The highest BCUT2D eigenvalue weighted by atomic mass is 16.1. The summed E-state index contributed by atoms with van der Waals surface area (Å²) in [5, 5.41) is 7.20. The number of rotatable bonds is 2. The van der Waals surface area contributed by atoms with E-state index in [9.17, 15) is 4.79 Å². The smallest absolute Gasteiger partial charge is 0.252 e. The second-order valence-corrected chi connectivity index (χ2v) is 4.54. The van der Waals surface area contributed by atoms with Crippen LogP contribution in [-0.4, -0.2) is 30.0 Å². The number of carbonyl (C=O) groups is 1. The topological polar surface area (TPSA) is 54.0 Å². The Morgan fingerprint density at radius 2 is 2.22 bits per heavy atom. The van der Waals surface area contributed by atoms with E-state index >= 15 is 0 Å². The Morgan fingerprint density at radius 3 is 3.06 bits per heavy atom. The van der Waals surface area contributed by atoms with Crippen LogP contribution in [-0.2, 0) is 0 Å². The van der Waals surface area contributed by atoms with Crippen LogP contribution in [0.1, 0.15) is 16.8 Å². The van der Waals surface area contributed by atoms with E-state index in [1.807, 2.05) is 24.3 Å². The number of hydrogen-bond donors (Lipinski definition) is 2. The molecular weight excluding hydrogens is 226 g/mol. The molecule has 1 saturated heterocycles. The Hall–Kier alpha value is -1.94. The Labute approximate surface area is 105 Å². The number of fused-ring (bicyclic) bond motifs is 1. The van der Waals surface area contributed by atoms with Crippen LogP contribution < -0.4 is 10.6 Å².